The summed E-state index contributed by atoms with van der Waals surface area (Å²) in [6.07, 6.45) is 1.64. The number of hydrogen-bond donors (Lipinski definition) is 1. The molecule has 0 saturated carbocycles. The molecule has 1 aliphatic rings. The van der Waals surface area contributed by atoms with Crippen molar-refractivity contribution in [2.24, 2.45) is 5.73 Å². The van der Waals surface area contributed by atoms with Crippen LogP contribution in [0, 0.1) is 11.3 Å². The van der Waals surface area contributed by atoms with Crippen molar-refractivity contribution in [3.63, 3.8) is 0 Å². The minimum absolute atomic E-state index is 0.0545. The molecule has 2 N–H and O–H groups in total. The standard InChI is InChI=1S/C19H20N2O4/c1-4-10-24-14-8-6-13(7-9-14)16-15(11-20)19(21)25-12(3)18(17(16)22)23-5-2/h4,6-9,16H,1,5,10,21H2,2-3H3. The van der Waals surface area contributed by atoms with Gasteiger partial charge in [0.2, 0.25) is 17.4 Å². The zero-order chi connectivity index (χ0) is 18.4. The highest BCUT2D eigenvalue weighted by molar-refractivity contribution is 6.02. The number of Topliss-reactive ketones (excluding diaryl/α,β-unsaturated/α-hetero) is 1. The number of ether oxygens (including phenoxy) is 3. The lowest BCUT2D eigenvalue weighted by atomic mass is 9.87. The molecule has 0 saturated heterocycles. The molecule has 0 bridgehead atoms. The minimum atomic E-state index is -0.891. The quantitative estimate of drug-likeness (QED) is 0.800. The Hall–Kier alpha value is -3.20. The van der Waals surface area contributed by atoms with E-state index in [1.165, 1.54) is 0 Å². The van der Waals surface area contributed by atoms with Crippen LogP contribution in [0.3, 0.4) is 0 Å². The third-order valence-electron chi connectivity index (χ3n) is 3.61. The third kappa shape index (κ3) is 3.83. The summed E-state index contributed by atoms with van der Waals surface area (Å²) in [5.74, 6) is -0.403. The minimum Gasteiger partial charge on any atom is -0.490 e. The van der Waals surface area contributed by atoms with E-state index in [4.69, 9.17) is 19.9 Å². The average Bonchev–Trinajstić information content (AvgIpc) is 2.69. The number of benzene rings is 1. The van der Waals surface area contributed by atoms with Crippen molar-refractivity contribution in [1.82, 2.24) is 0 Å². The van der Waals surface area contributed by atoms with E-state index in [0.717, 1.165) is 0 Å². The van der Waals surface area contributed by atoms with E-state index >= 15 is 0 Å². The molecule has 2 rings (SSSR count). The van der Waals surface area contributed by atoms with Crippen LogP contribution in [0.4, 0.5) is 0 Å². The van der Waals surface area contributed by atoms with Crippen molar-refractivity contribution in [2.45, 2.75) is 19.8 Å². The Balaban J connectivity index is 2.47. The van der Waals surface area contributed by atoms with Crippen LogP contribution in [-0.4, -0.2) is 19.0 Å². The van der Waals surface area contributed by atoms with Crippen LogP contribution in [0.1, 0.15) is 25.3 Å². The Labute approximate surface area is 146 Å². The summed E-state index contributed by atoms with van der Waals surface area (Å²) in [5, 5.41) is 9.49. The summed E-state index contributed by atoms with van der Waals surface area (Å²) < 4.78 is 16.3. The molecule has 6 heteroatoms. The molecule has 25 heavy (non-hydrogen) atoms. The summed E-state index contributed by atoms with van der Waals surface area (Å²) in [7, 11) is 0. The summed E-state index contributed by atoms with van der Waals surface area (Å²) in [6, 6.07) is 8.87. The number of carbonyl (C=O) groups excluding carboxylic acids is 1. The molecular weight excluding hydrogens is 320 g/mol. The second-order valence-corrected chi connectivity index (χ2v) is 5.28. The number of carbonyl (C=O) groups is 1. The smallest absolute Gasteiger partial charge is 0.213 e. The van der Waals surface area contributed by atoms with Crippen molar-refractivity contribution in [3.8, 4) is 11.8 Å². The van der Waals surface area contributed by atoms with Gasteiger partial charge in [-0.1, -0.05) is 24.8 Å². The molecule has 1 atom stereocenters. The number of rotatable bonds is 6. The van der Waals surface area contributed by atoms with Gasteiger partial charge in [-0.15, -0.1) is 0 Å². The fraction of sp³-hybridized carbons (Fsp3) is 0.263. The summed E-state index contributed by atoms with van der Waals surface area (Å²) in [5.41, 5.74) is 6.54. The first-order valence-electron chi connectivity index (χ1n) is 7.82. The van der Waals surface area contributed by atoms with Crippen LogP contribution in [0.25, 0.3) is 0 Å². The average molecular weight is 340 g/mol. The summed E-state index contributed by atoms with van der Waals surface area (Å²) >= 11 is 0. The van der Waals surface area contributed by atoms with Crippen molar-refractivity contribution >= 4 is 5.78 Å². The number of allylic oxidation sites excluding steroid dienone is 3. The lowest BCUT2D eigenvalue weighted by Gasteiger charge is -2.16. The molecule has 1 heterocycles. The second-order valence-electron chi connectivity index (χ2n) is 5.28. The van der Waals surface area contributed by atoms with Gasteiger partial charge in [0, 0.05) is 0 Å². The van der Waals surface area contributed by atoms with Crippen molar-refractivity contribution in [3.05, 3.63) is 65.5 Å². The van der Waals surface area contributed by atoms with E-state index in [9.17, 15) is 10.1 Å². The first-order chi connectivity index (χ1) is 12.0. The maximum Gasteiger partial charge on any atom is 0.213 e. The Kier molecular flexibility index (Phi) is 5.85. The zero-order valence-electron chi connectivity index (χ0n) is 14.2. The number of nitrogens with zero attached hydrogens (tertiary/aromatic N) is 1. The number of hydrogen-bond acceptors (Lipinski definition) is 6. The number of ketones is 1. The molecule has 130 valence electrons. The Morgan fingerprint density at radius 3 is 2.60 bits per heavy atom. The van der Waals surface area contributed by atoms with Crippen LogP contribution in [0.2, 0.25) is 0 Å². The van der Waals surface area contributed by atoms with Crippen molar-refractivity contribution in [1.29, 1.82) is 5.26 Å². The first kappa shape index (κ1) is 18.1. The highest BCUT2D eigenvalue weighted by Crippen LogP contribution is 2.34. The number of nitrogens with two attached hydrogens (primary N) is 1. The van der Waals surface area contributed by atoms with Gasteiger partial charge < -0.3 is 19.9 Å². The fourth-order valence-electron chi connectivity index (χ4n) is 2.51. The maximum absolute atomic E-state index is 13.0. The van der Waals surface area contributed by atoms with E-state index in [-0.39, 0.29) is 28.8 Å². The molecule has 0 amide bonds. The molecular formula is C19H20N2O4. The molecule has 0 spiro atoms. The SMILES string of the molecule is C=CCOc1ccc(C2C(=O)C(OCC)=C(C)OC(N)=C2C#N)cc1. The van der Waals surface area contributed by atoms with Crippen LogP contribution < -0.4 is 10.5 Å². The van der Waals surface area contributed by atoms with Crippen molar-refractivity contribution < 1.29 is 19.0 Å². The highest BCUT2D eigenvalue weighted by Gasteiger charge is 2.35. The predicted octanol–water partition coefficient (Wildman–Crippen LogP) is 2.90. The lowest BCUT2D eigenvalue weighted by Crippen LogP contribution is -2.19. The van der Waals surface area contributed by atoms with Gasteiger partial charge in [-0.3, -0.25) is 4.79 Å². The molecule has 0 aliphatic carbocycles. The van der Waals surface area contributed by atoms with Gasteiger partial charge in [0.25, 0.3) is 0 Å². The van der Waals surface area contributed by atoms with E-state index < -0.39 is 5.92 Å². The number of nitriles is 1. The summed E-state index contributed by atoms with van der Waals surface area (Å²) in [4.78, 5) is 13.0. The topological polar surface area (TPSA) is 94.6 Å². The lowest BCUT2D eigenvalue weighted by molar-refractivity contribution is -0.119. The second kappa shape index (κ2) is 8.06. The van der Waals surface area contributed by atoms with Gasteiger partial charge in [-0.2, -0.15) is 5.26 Å². The molecule has 6 nitrogen and oxygen atoms in total. The predicted molar refractivity (Wildman–Crippen MR) is 92.1 cm³/mol. The maximum atomic E-state index is 13.0. The Morgan fingerprint density at radius 1 is 1.36 bits per heavy atom. The van der Waals surface area contributed by atoms with E-state index in [0.29, 0.717) is 24.5 Å². The van der Waals surface area contributed by atoms with Crippen LogP contribution in [-0.2, 0) is 14.3 Å². The third-order valence-corrected chi connectivity index (χ3v) is 3.61. The van der Waals surface area contributed by atoms with Gasteiger partial charge in [-0.05, 0) is 31.5 Å². The molecule has 1 aromatic rings. The summed E-state index contributed by atoms with van der Waals surface area (Å²) in [6.45, 7) is 7.61. The Bertz CT molecular complexity index is 770. The highest BCUT2D eigenvalue weighted by atomic mass is 16.5. The largest absolute Gasteiger partial charge is 0.490 e. The van der Waals surface area contributed by atoms with Crippen molar-refractivity contribution in [2.75, 3.05) is 13.2 Å². The molecule has 1 unspecified atom stereocenters. The van der Waals surface area contributed by atoms with Gasteiger partial charge >= 0.3 is 0 Å². The van der Waals surface area contributed by atoms with Gasteiger partial charge in [0.1, 0.15) is 29.8 Å². The van der Waals surface area contributed by atoms with Gasteiger partial charge in [0.15, 0.2) is 0 Å². The molecule has 1 aromatic carbocycles. The van der Waals surface area contributed by atoms with E-state index in [1.807, 2.05) is 6.07 Å². The monoisotopic (exact) mass is 340 g/mol. The normalized spacial score (nSPS) is 17.5. The molecule has 0 fully saturated rings. The fourth-order valence-corrected chi connectivity index (χ4v) is 2.51. The first-order valence-corrected chi connectivity index (χ1v) is 7.82. The van der Waals surface area contributed by atoms with E-state index in [2.05, 4.69) is 6.58 Å². The van der Waals surface area contributed by atoms with Crippen LogP contribution in [0.5, 0.6) is 5.75 Å². The Morgan fingerprint density at radius 2 is 2.04 bits per heavy atom. The van der Waals surface area contributed by atoms with Crippen LogP contribution in [0.15, 0.2) is 59.9 Å². The van der Waals surface area contributed by atoms with E-state index in [1.54, 1.807) is 44.2 Å². The molecule has 0 aromatic heterocycles. The van der Waals surface area contributed by atoms with Gasteiger partial charge in [-0.25, -0.2) is 0 Å². The zero-order valence-corrected chi connectivity index (χ0v) is 14.2. The molecule has 0 radical (unpaired) electrons. The van der Waals surface area contributed by atoms with Crippen LogP contribution >= 0.6 is 0 Å². The van der Waals surface area contributed by atoms with Gasteiger partial charge in [0.05, 0.1) is 12.5 Å². The molecule has 1 aliphatic heterocycles.